The molecular weight excluding hydrogens is 268 g/mol. The van der Waals surface area contributed by atoms with Crippen molar-refractivity contribution in [3.8, 4) is 0 Å². The van der Waals surface area contributed by atoms with Gasteiger partial charge >= 0.3 is 5.97 Å². The molecule has 1 amide bonds. The summed E-state index contributed by atoms with van der Waals surface area (Å²) in [4.78, 5) is 29.5. The first-order valence-electron chi connectivity index (χ1n) is 6.86. The molecule has 0 spiro atoms. The minimum Gasteiger partial charge on any atom is -0.469 e. The van der Waals surface area contributed by atoms with Gasteiger partial charge in [0.05, 0.1) is 25.3 Å². The van der Waals surface area contributed by atoms with Crippen molar-refractivity contribution in [3.05, 3.63) is 42.2 Å². The largest absolute Gasteiger partial charge is 0.469 e. The minimum absolute atomic E-state index is 0.0274. The van der Waals surface area contributed by atoms with Crippen molar-refractivity contribution >= 4 is 22.6 Å². The summed E-state index contributed by atoms with van der Waals surface area (Å²) in [6.45, 7) is 0.831. The van der Waals surface area contributed by atoms with Gasteiger partial charge in [0.1, 0.15) is 0 Å². The maximum Gasteiger partial charge on any atom is 0.310 e. The summed E-state index contributed by atoms with van der Waals surface area (Å²) in [7, 11) is 1.35. The molecule has 1 atom stereocenters. The fourth-order valence-corrected chi connectivity index (χ4v) is 2.66. The van der Waals surface area contributed by atoms with Crippen LogP contribution in [0.3, 0.4) is 0 Å². The van der Waals surface area contributed by atoms with Crippen LogP contribution in [0.1, 0.15) is 12.1 Å². The molecule has 0 bridgehead atoms. The van der Waals surface area contributed by atoms with E-state index >= 15 is 0 Å². The molecule has 108 valence electrons. The Labute approximate surface area is 122 Å². The highest BCUT2D eigenvalue weighted by Crippen LogP contribution is 2.22. The van der Waals surface area contributed by atoms with Crippen LogP contribution in [0, 0.1) is 5.92 Å². The first-order valence-corrected chi connectivity index (χ1v) is 6.86. The maximum atomic E-state index is 12.0. The van der Waals surface area contributed by atoms with Gasteiger partial charge in [-0.2, -0.15) is 0 Å². The molecule has 1 aliphatic heterocycles. The number of hydrogen-bond donors (Lipinski definition) is 0. The number of amides is 1. The first-order chi connectivity index (χ1) is 10.2. The van der Waals surface area contributed by atoms with E-state index in [9.17, 15) is 9.59 Å². The number of ether oxygens (including phenoxy) is 1. The third kappa shape index (κ3) is 2.72. The van der Waals surface area contributed by atoms with Gasteiger partial charge in [-0.3, -0.25) is 14.6 Å². The van der Waals surface area contributed by atoms with Gasteiger partial charge in [-0.25, -0.2) is 0 Å². The van der Waals surface area contributed by atoms with E-state index in [-0.39, 0.29) is 24.2 Å². The Bertz CT molecular complexity index is 699. The van der Waals surface area contributed by atoms with E-state index in [2.05, 4.69) is 4.98 Å². The predicted molar refractivity (Wildman–Crippen MR) is 77.3 cm³/mol. The van der Waals surface area contributed by atoms with E-state index in [1.54, 1.807) is 4.90 Å². The van der Waals surface area contributed by atoms with E-state index in [0.29, 0.717) is 13.1 Å². The Morgan fingerprint density at radius 2 is 2.14 bits per heavy atom. The number of aromatic nitrogens is 1. The van der Waals surface area contributed by atoms with Crippen LogP contribution in [0.5, 0.6) is 0 Å². The van der Waals surface area contributed by atoms with E-state index in [1.807, 2.05) is 36.5 Å². The summed E-state index contributed by atoms with van der Waals surface area (Å²) in [5.41, 5.74) is 0.826. The number of methoxy groups -OCH3 is 1. The zero-order valence-corrected chi connectivity index (χ0v) is 11.8. The molecule has 1 unspecified atom stereocenters. The van der Waals surface area contributed by atoms with Gasteiger partial charge in [0, 0.05) is 24.5 Å². The van der Waals surface area contributed by atoms with Gasteiger partial charge in [-0.1, -0.05) is 24.3 Å². The lowest BCUT2D eigenvalue weighted by molar-refractivity contribution is -0.145. The third-order valence-corrected chi connectivity index (χ3v) is 3.79. The molecule has 3 rings (SSSR count). The van der Waals surface area contributed by atoms with Crippen molar-refractivity contribution in [1.29, 1.82) is 0 Å². The molecule has 1 aliphatic rings. The summed E-state index contributed by atoms with van der Waals surface area (Å²) < 4.78 is 4.71. The molecule has 0 aliphatic carbocycles. The minimum atomic E-state index is -0.358. The number of rotatable bonds is 3. The van der Waals surface area contributed by atoms with Gasteiger partial charge in [-0.05, 0) is 11.5 Å². The number of fused-ring (bicyclic) bond motifs is 1. The van der Waals surface area contributed by atoms with E-state index < -0.39 is 0 Å². The fraction of sp³-hybridized carbons (Fsp3) is 0.312. The highest BCUT2D eigenvalue weighted by atomic mass is 16.5. The normalized spacial score (nSPS) is 18.2. The smallest absolute Gasteiger partial charge is 0.310 e. The van der Waals surface area contributed by atoms with Crippen molar-refractivity contribution in [2.45, 2.75) is 13.0 Å². The number of nitrogens with zero attached hydrogens (tertiary/aromatic N) is 2. The fourth-order valence-electron chi connectivity index (χ4n) is 2.66. The number of pyridine rings is 1. The lowest BCUT2D eigenvalue weighted by Crippen LogP contribution is -2.26. The second-order valence-electron chi connectivity index (χ2n) is 5.22. The summed E-state index contributed by atoms with van der Waals surface area (Å²) in [6, 6.07) is 9.94. The number of carbonyl (C=O) groups is 2. The maximum absolute atomic E-state index is 12.0. The number of likely N-dealkylation sites (tertiary alicyclic amines) is 1. The highest BCUT2D eigenvalue weighted by molar-refractivity contribution is 5.87. The van der Waals surface area contributed by atoms with Gasteiger partial charge in [0.2, 0.25) is 5.91 Å². The Morgan fingerprint density at radius 1 is 1.38 bits per heavy atom. The summed E-state index contributed by atoms with van der Waals surface area (Å²) in [5.74, 6) is -0.708. The van der Waals surface area contributed by atoms with Crippen LogP contribution < -0.4 is 0 Å². The first kappa shape index (κ1) is 13.5. The summed E-state index contributed by atoms with van der Waals surface area (Å²) >= 11 is 0. The van der Waals surface area contributed by atoms with E-state index in [0.717, 1.165) is 16.5 Å². The number of benzene rings is 1. The number of esters is 1. The Hall–Kier alpha value is -2.43. The standard InChI is InChI=1S/C16H16N2O3/c1-21-16(20)13-7-15(19)18(9-13)10-14-6-11-4-2-3-5-12(11)8-17-14/h2-6,8,13H,7,9-10H2,1H3. The molecule has 5 heteroatoms. The summed E-state index contributed by atoms with van der Waals surface area (Å²) in [6.07, 6.45) is 2.03. The highest BCUT2D eigenvalue weighted by Gasteiger charge is 2.35. The van der Waals surface area contributed by atoms with Crippen LogP contribution in [0.4, 0.5) is 0 Å². The van der Waals surface area contributed by atoms with Gasteiger partial charge in [0.25, 0.3) is 0 Å². The Balaban J connectivity index is 1.76. The van der Waals surface area contributed by atoms with Gasteiger partial charge in [0.15, 0.2) is 0 Å². The molecule has 1 aromatic heterocycles. The van der Waals surface area contributed by atoms with Crippen molar-refractivity contribution in [1.82, 2.24) is 9.88 Å². The number of carbonyl (C=O) groups excluding carboxylic acids is 2. The molecule has 1 aromatic carbocycles. The molecular formula is C16H16N2O3. The molecule has 0 saturated carbocycles. The summed E-state index contributed by atoms with van der Waals surface area (Å²) in [5, 5.41) is 2.17. The Morgan fingerprint density at radius 3 is 2.90 bits per heavy atom. The quantitative estimate of drug-likeness (QED) is 0.806. The van der Waals surface area contributed by atoms with E-state index in [4.69, 9.17) is 4.74 Å². The second-order valence-corrected chi connectivity index (χ2v) is 5.22. The van der Waals surface area contributed by atoms with Crippen molar-refractivity contribution in [2.75, 3.05) is 13.7 Å². The van der Waals surface area contributed by atoms with Gasteiger partial charge < -0.3 is 9.64 Å². The predicted octanol–water partition coefficient (Wildman–Crippen LogP) is 1.76. The molecule has 2 aromatic rings. The zero-order chi connectivity index (χ0) is 14.8. The molecule has 21 heavy (non-hydrogen) atoms. The average molecular weight is 284 g/mol. The molecule has 2 heterocycles. The molecule has 1 fully saturated rings. The monoisotopic (exact) mass is 284 g/mol. The lowest BCUT2D eigenvalue weighted by atomic mass is 10.1. The molecule has 1 saturated heterocycles. The van der Waals surface area contributed by atoms with Crippen LogP contribution in [0.2, 0.25) is 0 Å². The molecule has 5 nitrogen and oxygen atoms in total. The Kier molecular flexibility index (Phi) is 3.56. The van der Waals surface area contributed by atoms with Crippen LogP contribution in [0.15, 0.2) is 36.5 Å². The van der Waals surface area contributed by atoms with Crippen LogP contribution in [-0.4, -0.2) is 35.4 Å². The van der Waals surface area contributed by atoms with Crippen molar-refractivity contribution < 1.29 is 14.3 Å². The lowest BCUT2D eigenvalue weighted by Gasteiger charge is -2.16. The average Bonchev–Trinajstić information content (AvgIpc) is 2.87. The van der Waals surface area contributed by atoms with Crippen LogP contribution in [0.25, 0.3) is 10.8 Å². The molecule has 0 N–H and O–H groups in total. The zero-order valence-electron chi connectivity index (χ0n) is 11.8. The van der Waals surface area contributed by atoms with E-state index in [1.165, 1.54) is 7.11 Å². The SMILES string of the molecule is COC(=O)C1CC(=O)N(Cc2cc3ccccc3cn2)C1. The van der Waals surface area contributed by atoms with Crippen molar-refractivity contribution in [2.24, 2.45) is 5.92 Å². The second kappa shape index (κ2) is 5.52. The topological polar surface area (TPSA) is 59.5 Å². The third-order valence-electron chi connectivity index (χ3n) is 3.79. The van der Waals surface area contributed by atoms with Crippen LogP contribution in [-0.2, 0) is 20.9 Å². The molecule has 0 radical (unpaired) electrons. The number of hydrogen-bond acceptors (Lipinski definition) is 4. The van der Waals surface area contributed by atoms with Gasteiger partial charge in [-0.15, -0.1) is 0 Å². The van der Waals surface area contributed by atoms with Crippen molar-refractivity contribution in [3.63, 3.8) is 0 Å². The van der Waals surface area contributed by atoms with Crippen LogP contribution >= 0.6 is 0 Å².